The van der Waals surface area contributed by atoms with Crippen LogP contribution in [0.1, 0.15) is 23.7 Å². The third kappa shape index (κ3) is 4.17. The fraction of sp³-hybridized carbons (Fsp3) is 0.217. The molecule has 2 heterocycles. The highest BCUT2D eigenvalue weighted by atomic mass is 32.1. The molecule has 0 saturated carbocycles. The van der Waals surface area contributed by atoms with Crippen LogP contribution in [0.5, 0.6) is 5.75 Å². The molecule has 0 unspecified atom stereocenters. The number of benzene rings is 2. The largest absolute Gasteiger partial charge is 0.494 e. The first kappa shape index (κ1) is 19.2. The first-order chi connectivity index (χ1) is 14.0. The number of anilines is 1. The maximum absolute atomic E-state index is 12.6. The smallest absolute Gasteiger partial charge is 0.230 e. The lowest BCUT2D eigenvalue weighted by Gasteiger charge is -2.09. The molecule has 1 amide bonds. The molecule has 6 heteroatoms. The number of carbonyl (C=O) groups is 1. The van der Waals surface area contributed by atoms with E-state index >= 15 is 0 Å². The Morgan fingerprint density at radius 1 is 1.17 bits per heavy atom. The molecule has 0 fully saturated rings. The summed E-state index contributed by atoms with van der Waals surface area (Å²) in [5.74, 6) is 0.816. The van der Waals surface area contributed by atoms with Crippen molar-refractivity contribution in [1.29, 1.82) is 0 Å². The highest BCUT2D eigenvalue weighted by Crippen LogP contribution is 2.26. The van der Waals surface area contributed by atoms with Crippen LogP contribution >= 0.6 is 11.3 Å². The predicted octanol–water partition coefficient (Wildman–Crippen LogP) is 5.26. The topological polar surface area (TPSA) is 55.6 Å². The Morgan fingerprint density at radius 2 is 1.97 bits per heavy atom. The van der Waals surface area contributed by atoms with E-state index in [0.29, 0.717) is 13.0 Å². The summed E-state index contributed by atoms with van der Waals surface area (Å²) in [7, 11) is 0. The van der Waals surface area contributed by atoms with Gasteiger partial charge in [0.25, 0.3) is 0 Å². The average Bonchev–Trinajstić information content (AvgIpc) is 3.28. The van der Waals surface area contributed by atoms with E-state index in [9.17, 15) is 4.79 Å². The molecule has 0 atom stereocenters. The van der Waals surface area contributed by atoms with E-state index < -0.39 is 0 Å². The fourth-order valence-electron chi connectivity index (χ4n) is 3.21. The van der Waals surface area contributed by atoms with Crippen LogP contribution in [0.3, 0.4) is 0 Å². The molecule has 0 radical (unpaired) electrons. The molecule has 4 rings (SSSR count). The average molecular weight is 406 g/mol. The lowest BCUT2D eigenvalue weighted by Crippen LogP contribution is -2.16. The number of nitrogens with one attached hydrogen (secondary N) is 1. The predicted molar refractivity (Wildman–Crippen MR) is 118 cm³/mol. The molecule has 0 aliphatic carbocycles. The highest BCUT2D eigenvalue weighted by Gasteiger charge is 2.13. The third-order valence-electron chi connectivity index (χ3n) is 4.75. The van der Waals surface area contributed by atoms with Gasteiger partial charge in [0.1, 0.15) is 5.75 Å². The summed E-state index contributed by atoms with van der Waals surface area (Å²) < 4.78 is 7.50. The highest BCUT2D eigenvalue weighted by molar-refractivity contribution is 7.15. The van der Waals surface area contributed by atoms with E-state index in [4.69, 9.17) is 9.72 Å². The van der Waals surface area contributed by atoms with Crippen LogP contribution in [0.2, 0.25) is 0 Å². The summed E-state index contributed by atoms with van der Waals surface area (Å²) in [6.07, 6.45) is 2.29. The van der Waals surface area contributed by atoms with Crippen molar-refractivity contribution in [2.24, 2.45) is 0 Å². The summed E-state index contributed by atoms with van der Waals surface area (Å²) in [4.78, 5) is 18.2. The van der Waals surface area contributed by atoms with Crippen molar-refractivity contribution in [1.82, 2.24) is 9.38 Å². The van der Waals surface area contributed by atoms with E-state index in [2.05, 4.69) is 5.32 Å². The second-order valence-electron chi connectivity index (χ2n) is 7.01. The lowest BCUT2D eigenvalue weighted by molar-refractivity contribution is -0.115. The quantitative estimate of drug-likeness (QED) is 0.476. The normalized spacial score (nSPS) is 11.0. The molecule has 0 aliphatic heterocycles. The molecule has 4 aromatic rings. The first-order valence-corrected chi connectivity index (χ1v) is 10.5. The second-order valence-corrected chi connectivity index (χ2v) is 7.84. The number of amides is 1. The number of rotatable bonds is 6. The van der Waals surface area contributed by atoms with Crippen LogP contribution in [-0.4, -0.2) is 21.9 Å². The van der Waals surface area contributed by atoms with Crippen molar-refractivity contribution in [2.75, 3.05) is 11.9 Å². The number of aryl methyl sites for hydroxylation is 2. The number of hydrogen-bond acceptors (Lipinski definition) is 4. The number of nitrogens with zero attached hydrogens (tertiary/aromatic N) is 2. The number of imidazole rings is 1. The van der Waals surface area contributed by atoms with E-state index in [-0.39, 0.29) is 5.91 Å². The summed E-state index contributed by atoms with van der Waals surface area (Å²) in [5, 5.41) is 5.02. The van der Waals surface area contributed by atoms with Crippen molar-refractivity contribution in [3.63, 3.8) is 0 Å². The standard InChI is InChI=1S/C23H23N3O2S/c1-4-28-19-9-7-17(8-10-19)21-13-26-18(14-29-23(26)25-21)12-22(27)24-20-11-15(2)5-6-16(20)3/h5-11,13-14H,4,12H2,1-3H3,(H,24,27). The minimum absolute atomic E-state index is 0.0327. The summed E-state index contributed by atoms with van der Waals surface area (Å²) in [6, 6.07) is 14.0. The summed E-state index contributed by atoms with van der Waals surface area (Å²) >= 11 is 1.54. The van der Waals surface area contributed by atoms with Crippen molar-refractivity contribution < 1.29 is 9.53 Å². The number of hydrogen-bond donors (Lipinski definition) is 1. The zero-order chi connectivity index (χ0) is 20.4. The molecular weight excluding hydrogens is 382 g/mol. The molecule has 0 saturated heterocycles. The minimum Gasteiger partial charge on any atom is -0.494 e. The van der Waals surface area contributed by atoms with Gasteiger partial charge in [-0.1, -0.05) is 12.1 Å². The lowest BCUT2D eigenvalue weighted by atomic mass is 10.1. The molecule has 5 nitrogen and oxygen atoms in total. The second kappa shape index (κ2) is 8.09. The van der Waals surface area contributed by atoms with E-state index in [1.54, 1.807) is 11.3 Å². The molecular formula is C23H23N3O2S. The molecule has 1 N–H and O–H groups in total. The van der Waals surface area contributed by atoms with E-state index in [1.165, 1.54) is 0 Å². The minimum atomic E-state index is -0.0327. The maximum atomic E-state index is 12.6. The molecule has 0 bridgehead atoms. The van der Waals surface area contributed by atoms with Gasteiger partial charge in [-0.2, -0.15) is 0 Å². The van der Waals surface area contributed by atoms with Gasteiger partial charge in [-0.05, 0) is 62.2 Å². The van der Waals surface area contributed by atoms with Crippen LogP contribution in [-0.2, 0) is 11.2 Å². The van der Waals surface area contributed by atoms with Crippen LogP contribution in [0.25, 0.3) is 16.2 Å². The molecule has 2 aromatic carbocycles. The fourth-order valence-corrected chi connectivity index (χ4v) is 4.09. The van der Waals surface area contributed by atoms with Gasteiger partial charge in [-0.25, -0.2) is 4.98 Å². The van der Waals surface area contributed by atoms with E-state index in [0.717, 1.165) is 44.5 Å². The van der Waals surface area contributed by atoms with Gasteiger partial charge in [0.2, 0.25) is 5.91 Å². The summed E-state index contributed by atoms with van der Waals surface area (Å²) in [6.45, 7) is 6.63. The van der Waals surface area contributed by atoms with Gasteiger partial charge >= 0.3 is 0 Å². The number of fused-ring (bicyclic) bond motifs is 1. The number of aromatic nitrogens is 2. The van der Waals surface area contributed by atoms with Crippen molar-refractivity contribution in [2.45, 2.75) is 27.2 Å². The molecule has 0 aliphatic rings. The zero-order valence-electron chi connectivity index (χ0n) is 16.7. The number of ether oxygens (including phenoxy) is 1. The Morgan fingerprint density at radius 3 is 2.72 bits per heavy atom. The number of thiazole rings is 1. The molecule has 148 valence electrons. The molecule has 0 spiro atoms. The van der Waals surface area contributed by atoms with Gasteiger partial charge in [-0.15, -0.1) is 11.3 Å². The Hall–Kier alpha value is -3.12. The Bertz CT molecular complexity index is 1160. The van der Waals surface area contributed by atoms with Crippen molar-refractivity contribution in [3.8, 4) is 17.0 Å². The summed E-state index contributed by atoms with van der Waals surface area (Å²) in [5.41, 5.74) is 5.88. The van der Waals surface area contributed by atoms with Gasteiger partial charge in [0.05, 0.1) is 18.7 Å². The Balaban J connectivity index is 1.52. The van der Waals surface area contributed by atoms with Crippen LogP contribution in [0.15, 0.2) is 54.0 Å². The first-order valence-electron chi connectivity index (χ1n) is 9.59. The van der Waals surface area contributed by atoms with E-state index in [1.807, 2.05) is 79.2 Å². The number of carbonyl (C=O) groups excluding carboxylic acids is 1. The van der Waals surface area contributed by atoms with Crippen molar-refractivity contribution >= 4 is 27.9 Å². The van der Waals surface area contributed by atoms with Crippen LogP contribution in [0.4, 0.5) is 5.69 Å². The van der Waals surface area contributed by atoms with Crippen LogP contribution in [0, 0.1) is 13.8 Å². The van der Waals surface area contributed by atoms with Gasteiger partial charge in [0, 0.05) is 28.5 Å². The monoisotopic (exact) mass is 405 g/mol. The Labute approximate surface area is 174 Å². The molecule has 2 aromatic heterocycles. The molecule has 29 heavy (non-hydrogen) atoms. The Kier molecular flexibility index (Phi) is 5.36. The van der Waals surface area contributed by atoms with Crippen LogP contribution < -0.4 is 10.1 Å². The maximum Gasteiger partial charge on any atom is 0.230 e. The van der Waals surface area contributed by atoms with Gasteiger partial charge in [-0.3, -0.25) is 9.20 Å². The zero-order valence-corrected chi connectivity index (χ0v) is 17.5. The third-order valence-corrected chi connectivity index (χ3v) is 5.64. The van der Waals surface area contributed by atoms with Gasteiger partial charge < -0.3 is 10.1 Å². The SMILES string of the molecule is CCOc1ccc(-c2cn3c(CC(=O)Nc4cc(C)ccc4C)csc3n2)cc1. The van der Waals surface area contributed by atoms with Gasteiger partial charge in [0.15, 0.2) is 4.96 Å². The van der Waals surface area contributed by atoms with Crippen molar-refractivity contribution in [3.05, 3.63) is 70.9 Å².